The van der Waals surface area contributed by atoms with Crippen molar-refractivity contribution in [1.29, 1.82) is 0 Å². The minimum Gasteiger partial charge on any atom is -0.480 e. The van der Waals surface area contributed by atoms with E-state index in [0.717, 1.165) is 25.7 Å². The van der Waals surface area contributed by atoms with Gasteiger partial charge in [0.1, 0.15) is 5.54 Å². The molecule has 5 heteroatoms. The topological polar surface area (TPSA) is 83.6 Å². The molecule has 0 aromatic rings. The number of nitrogens with two attached hydrogens (primary N) is 1. The Labute approximate surface area is 108 Å². The molecule has 0 spiro atoms. The van der Waals surface area contributed by atoms with Crippen LogP contribution in [-0.4, -0.2) is 40.0 Å². The van der Waals surface area contributed by atoms with E-state index in [9.17, 15) is 14.7 Å². The first-order valence-electron chi connectivity index (χ1n) is 6.61. The highest BCUT2D eigenvalue weighted by Crippen LogP contribution is 2.27. The molecule has 1 aliphatic carbocycles. The van der Waals surface area contributed by atoms with Gasteiger partial charge in [-0.05, 0) is 46.5 Å². The van der Waals surface area contributed by atoms with Crippen LogP contribution in [0.5, 0.6) is 0 Å². The van der Waals surface area contributed by atoms with Crippen LogP contribution in [0.3, 0.4) is 0 Å². The zero-order chi connectivity index (χ0) is 13.9. The Bertz CT molecular complexity index is 320. The van der Waals surface area contributed by atoms with E-state index in [1.807, 2.05) is 6.92 Å². The van der Waals surface area contributed by atoms with E-state index in [1.54, 1.807) is 13.8 Å². The molecule has 3 N–H and O–H groups in total. The van der Waals surface area contributed by atoms with Crippen molar-refractivity contribution in [2.24, 2.45) is 11.7 Å². The summed E-state index contributed by atoms with van der Waals surface area (Å²) in [5.41, 5.74) is 4.67. The third-order valence-electron chi connectivity index (χ3n) is 3.90. The van der Waals surface area contributed by atoms with Crippen LogP contribution in [0.25, 0.3) is 0 Å². The fourth-order valence-electron chi connectivity index (χ4n) is 2.53. The minimum absolute atomic E-state index is 0.0446. The van der Waals surface area contributed by atoms with E-state index < -0.39 is 11.5 Å². The Hall–Kier alpha value is -1.10. The number of rotatable bonds is 4. The summed E-state index contributed by atoms with van der Waals surface area (Å²) in [6.07, 6.45) is 3.24. The van der Waals surface area contributed by atoms with Crippen molar-refractivity contribution in [3.63, 3.8) is 0 Å². The standard InChI is InChI=1S/C13H24N2O3/c1-4-15(13(2,3)12(17)18)11(16)9-5-7-10(14)8-6-9/h9-10H,4-8,14H2,1-3H3,(H,17,18). The van der Waals surface area contributed by atoms with Crippen LogP contribution in [0, 0.1) is 5.92 Å². The zero-order valence-electron chi connectivity index (χ0n) is 11.5. The third-order valence-corrected chi connectivity index (χ3v) is 3.90. The molecule has 0 aliphatic heterocycles. The predicted octanol–water partition coefficient (Wildman–Crippen LogP) is 1.22. The third kappa shape index (κ3) is 3.02. The van der Waals surface area contributed by atoms with Gasteiger partial charge in [-0.2, -0.15) is 0 Å². The van der Waals surface area contributed by atoms with Gasteiger partial charge < -0.3 is 15.7 Å². The molecule has 1 fully saturated rings. The molecule has 0 aromatic heterocycles. The Balaban J connectivity index is 2.77. The normalized spacial score (nSPS) is 24.7. The van der Waals surface area contributed by atoms with E-state index >= 15 is 0 Å². The predicted molar refractivity (Wildman–Crippen MR) is 69.0 cm³/mol. The Morgan fingerprint density at radius 2 is 1.78 bits per heavy atom. The summed E-state index contributed by atoms with van der Waals surface area (Å²) in [5, 5.41) is 9.22. The molecular formula is C13H24N2O3. The van der Waals surface area contributed by atoms with E-state index in [4.69, 9.17) is 5.73 Å². The summed E-state index contributed by atoms with van der Waals surface area (Å²) in [7, 11) is 0. The number of amides is 1. The summed E-state index contributed by atoms with van der Waals surface area (Å²) < 4.78 is 0. The van der Waals surface area contributed by atoms with Crippen molar-refractivity contribution in [1.82, 2.24) is 4.90 Å². The van der Waals surface area contributed by atoms with Crippen LogP contribution in [0.1, 0.15) is 46.5 Å². The molecule has 0 unspecified atom stereocenters. The molecule has 18 heavy (non-hydrogen) atoms. The number of hydrogen-bond donors (Lipinski definition) is 2. The summed E-state index contributed by atoms with van der Waals surface area (Å²) in [5.74, 6) is -1.08. The number of carbonyl (C=O) groups excluding carboxylic acids is 1. The maximum absolute atomic E-state index is 12.4. The van der Waals surface area contributed by atoms with Gasteiger partial charge >= 0.3 is 5.97 Å². The van der Waals surface area contributed by atoms with Crippen molar-refractivity contribution in [2.45, 2.75) is 58.0 Å². The van der Waals surface area contributed by atoms with Crippen molar-refractivity contribution in [3.8, 4) is 0 Å². The average Bonchev–Trinajstić information content (AvgIpc) is 2.30. The quantitative estimate of drug-likeness (QED) is 0.792. The van der Waals surface area contributed by atoms with Gasteiger partial charge in [0.15, 0.2) is 0 Å². The largest absolute Gasteiger partial charge is 0.480 e. The fourth-order valence-corrected chi connectivity index (χ4v) is 2.53. The summed E-state index contributed by atoms with van der Waals surface area (Å²) in [6.45, 7) is 5.38. The van der Waals surface area contributed by atoms with Crippen LogP contribution >= 0.6 is 0 Å². The lowest BCUT2D eigenvalue weighted by atomic mass is 9.84. The first-order chi connectivity index (χ1) is 8.30. The number of carboxylic acids is 1. The van der Waals surface area contributed by atoms with Crippen LogP contribution in [0.4, 0.5) is 0 Å². The molecule has 5 nitrogen and oxygen atoms in total. The second-order valence-corrected chi connectivity index (χ2v) is 5.56. The summed E-state index contributed by atoms with van der Waals surface area (Å²) >= 11 is 0. The van der Waals surface area contributed by atoms with Crippen LogP contribution in [0.15, 0.2) is 0 Å². The van der Waals surface area contributed by atoms with Crippen LogP contribution in [0.2, 0.25) is 0 Å². The highest BCUT2D eigenvalue weighted by molar-refractivity contribution is 5.87. The highest BCUT2D eigenvalue weighted by Gasteiger charge is 2.39. The molecule has 0 heterocycles. The van der Waals surface area contributed by atoms with Gasteiger partial charge in [-0.3, -0.25) is 4.79 Å². The molecule has 0 saturated heterocycles. The molecular weight excluding hydrogens is 232 g/mol. The fraction of sp³-hybridized carbons (Fsp3) is 0.846. The number of likely N-dealkylation sites (N-methyl/N-ethyl adjacent to an activating group) is 1. The Morgan fingerprint density at radius 1 is 1.28 bits per heavy atom. The lowest BCUT2D eigenvalue weighted by molar-refractivity contribution is -0.159. The van der Waals surface area contributed by atoms with Crippen LogP contribution in [-0.2, 0) is 9.59 Å². The summed E-state index contributed by atoms with van der Waals surface area (Å²) in [6, 6.07) is 0.191. The van der Waals surface area contributed by atoms with Gasteiger partial charge in [-0.25, -0.2) is 4.79 Å². The number of aliphatic carboxylic acids is 1. The average molecular weight is 256 g/mol. The molecule has 1 amide bonds. The molecule has 1 saturated carbocycles. The summed E-state index contributed by atoms with van der Waals surface area (Å²) in [4.78, 5) is 25.1. The molecule has 104 valence electrons. The van der Waals surface area contributed by atoms with Gasteiger partial charge in [0.25, 0.3) is 0 Å². The highest BCUT2D eigenvalue weighted by atomic mass is 16.4. The molecule has 0 atom stereocenters. The number of nitrogens with zero attached hydrogens (tertiary/aromatic N) is 1. The van der Waals surface area contributed by atoms with E-state index in [0.29, 0.717) is 6.54 Å². The van der Waals surface area contributed by atoms with Gasteiger partial charge in [0.2, 0.25) is 5.91 Å². The molecule has 1 aliphatic rings. The minimum atomic E-state index is -1.15. The van der Waals surface area contributed by atoms with Crippen molar-refractivity contribution >= 4 is 11.9 Å². The van der Waals surface area contributed by atoms with E-state index in [2.05, 4.69) is 0 Å². The maximum Gasteiger partial charge on any atom is 0.329 e. The number of carboxylic acid groups (broad SMARTS) is 1. The van der Waals surface area contributed by atoms with Crippen molar-refractivity contribution in [3.05, 3.63) is 0 Å². The van der Waals surface area contributed by atoms with Gasteiger partial charge in [-0.15, -0.1) is 0 Å². The van der Waals surface area contributed by atoms with Crippen molar-refractivity contribution in [2.75, 3.05) is 6.54 Å². The van der Waals surface area contributed by atoms with E-state index in [-0.39, 0.29) is 17.9 Å². The number of carbonyl (C=O) groups is 2. The molecule has 0 radical (unpaired) electrons. The molecule has 1 rings (SSSR count). The molecule has 0 bridgehead atoms. The first kappa shape index (κ1) is 15.0. The lowest BCUT2D eigenvalue weighted by Gasteiger charge is -2.38. The number of hydrogen-bond acceptors (Lipinski definition) is 3. The van der Waals surface area contributed by atoms with Gasteiger partial charge in [0.05, 0.1) is 0 Å². The molecule has 0 aromatic carbocycles. The van der Waals surface area contributed by atoms with Gasteiger partial charge in [0, 0.05) is 18.5 Å². The monoisotopic (exact) mass is 256 g/mol. The smallest absolute Gasteiger partial charge is 0.329 e. The lowest BCUT2D eigenvalue weighted by Crippen LogP contribution is -2.55. The first-order valence-corrected chi connectivity index (χ1v) is 6.61. The maximum atomic E-state index is 12.4. The van der Waals surface area contributed by atoms with Gasteiger partial charge in [-0.1, -0.05) is 0 Å². The Kier molecular flexibility index (Phi) is 4.73. The van der Waals surface area contributed by atoms with Crippen molar-refractivity contribution < 1.29 is 14.7 Å². The SMILES string of the molecule is CCN(C(=O)C1CCC(N)CC1)C(C)(C)C(=O)O. The zero-order valence-corrected chi connectivity index (χ0v) is 11.5. The second kappa shape index (κ2) is 5.69. The van der Waals surface area contributed by atoms with Crippen LogP contribution < -0.4 is 5.73 Å². The van der Waals surface area contributed by atoms with E-state index in [1.165, 1.54) is 4.90 Å². The Morgan fingerprint density at radius 3 is 2.17 bits per heavy atom. The second-order valence-electron chi connectivity index (χ2n) is 5.56.